The molecule has 1 saturated heterocycles. The summed E-state index contributed by atoms with van der Waals surface area (Å²) in [7, 11) is 2.08. The number of rotatable bonds is 2. The van der Waals surface area contributed by atoms with E-state index in [1.165, 1.54) is 0 Å². The number of hydrogen-bond donors (Lipinski definition) is 1. The highest BCUT2D eigenvalue weighted by molar-refractivity contribution is 7.99. The Balaban J connectivity index is 1.89. The fourth-order valence-electron chi connectivity index (χ4n) is 2.04. The molecule has 0 bridgehead atoms. The summed E-state index contributed by atoms with van der Waals surface area (Å²) in [6.45, 7) is 1.04. The third-order valence-electron chi connectivity index (χ3n) is 3.22. The summed E-state index contributed by atoms with van der Waals surface area (Å²) >= 11 is 1.91. The number of anilines is 1. The van der Waals surface area contributed by atoms with Gasteiger partial charge in [0.15, 0.2) is 5.82 Å². The molecular weight excluding hydrogens is 262 g/mol. The van der Waals surface area contributed by atoms with Crippen LogP contribution in [0.1, 0.15) is 11.9 Å². The molecule has 0 amide bonds. The summed E-state index contributed by atoms with van der Waals surface area (Å²) < 4.78 is 5.33. The summed E-state index contributed by atoms with van der Waals surface area (Å²) in [5, 5.41) is 4.09. The molecule has 2 N–H and O–H groups in total. The largest absolute Gasteiger partial charge is 0.397 e. The van der Waals surface area contributed by atoms with E-state index in [4.69, 9.17) is 10.3 Å². The van der Waals surface area contributed by atoms with Crippen LogP contribution >= 0.6 is 11.8 Å². The Morgan fingerprint density at radius 3 is 3.21 bits per heavy atom. The monoisotopic (exact) mass is 277 g/mol. The zero-order valence-electron chi connectivity index (χ0n) is 10.6. The minimum absolute atomic E-state index is 0.208. The van der Waals surface area contributed by atoms with E-state index >= 15 is 0 Å². The first kappa shape index (κ1) is 12.4. The first-order valence-corrected chi connectivity index (χ1v) is 7.22. The molecule has 1 unspecified atom stereocenters. The second-order valence-corrected chi connectivity index (χ2v) is 5.64. The first-order valence-electron chi connectivity index (χ1n) is 6.07. The normalized spacial score (nSPS) is 20.6. The fraction of sp³-hybridized carbons (Fsp3) is 0.417. The number of nitrogens with two attached hydrogens (primary N) is 1. The predicted octanol–water partition coefficient (Wildman–Crippen LogP) is 1.43. The Kier molecular flexibility index (Phi) is 3.39. The van der Waals surface area contributed by atoms with Crippen molar-refractivity contribution in [1.29, 1.82) is 0 Å². The minimum Gasteiger partial charge on any atom is -0.397 e. The van der Waals surface area contributed by atoms with E-state index in [0.29, 0.717) is 11.6 Å². The Morgan fingerprint density at radius 1 is 1.53 bits per heavy atom. The summed E-state index contributed by atoms with van der Waals surface area (Å²) in [6, 6.07) is 1.99. The van der Waals surface area contributed by atoms with Crippen LogP contribution in [0.15, 0.2) is 23.0 Å². The van der Waals surface area contributed by atoms with Crippen molar-refractivity contribution in [3.8, 4) is 11.5 Å². The van der Waals surface area contributed by atoms with Gasteiger partial charge in [-0.15, -0.1) is 0 Å². The number of thioether (sulfide) groups is 1. The molecule has 100 valence electrons. The van der Waals surface area contributed by atoms with Gasteiger partial charge in [-0.1, -0.05) is 5.16 Å². The van der Waals surface area contributed by atoms with Crippen molar-refractivity contribution < 1.29 is 4.52 Å². The van der Waals surface area contributed by atoms with Crippen LogP contribution in [0.2, 0.25) is 0 Å². The maximum atomic E-state index is 5.86. The Morgan fingerprint density at radius 2 is 2.42 bits per heavy atom. The summed E-state index contributed by atoms with van der Waals surface area (Å²) in [6.07, 6.45) is 3.25. The summed E-state index contributed by atoms with van der Waals surface area (Å²) in [4.78, 5) is 10.7. The van der Waals surface area contributed by atoms with Gasteiger partial charge in [0, 0.05) is 24.2 Å². The fourth-order valence-corrected chi connectivity index (χ4v) is 3.25. The van der Waals surface area contributed by atoms with Gasteiger partial charge in [-0.25, -0.2) is 0 Å². The van der Waals surface area contributed by atoms with E-state index in [1.807, 2.05) is 11.8 Å². The first-order chi connectivity index (χ1) is 9.25. The van der Waals surface area contributed by atoms with Crippen LogP contribution in [0.3, 0.4) is 0 Å². The van der Waals surface area contributed by atoms with E-state index < -0.39 is 0 Å². The van der Waals surface area contributed by atoms with Crippen molar-refractivity contribution in [2.24, 2.45) is 0 Å². The Hall–Kier alpha value is -1.60. The van der Waals surface area contributed by atoms with Gasteiger partial charge in [-0.2, -0.15) is 16.7 Å². The van der Waals surface area contributed by atoms with E-state index in [1.54, 1.807) is 18.5 Å². The predicted molar refractivity (Wildman–Crippen MR) is 74.6 cm³/mol. The molecule has 3 rings (SSSR count). The van der Waals surface area contributed by atoms with E-state index in [-0.39, 0.29) is 6.04 Å². The third-order valence-corrected chi connectivity index (χ3v) is 4.24. The zero-order valence-corrected chi connectivity index (χ0v) is 11.4. The van der Waals surface area contributed by atoms with Crippen molar-refractivity contribution in [1.82, 2.24) is 20.0 Å². The number of aromatic nitrogens is 3. The minimum atomic E-state index is 0.208. The molecular formula is C12H15N5OS. The van der Waals surface area contributed by atoms with Crippen molar-refractivity contribution >= 4 is 17.4 Å². The van der Waals surface area contributed by atoms with E-state index in [0.717, 1.165) is 29.4 Å². The zero-order chi connectivity index (χ0) is 13.2. The number of nitrogens with zero attached hydrogens (tertiary/aromatic N) is 4. The van der Waals surface area contributed by atoms with Gasteiger partial charge in [-0.05, 0) is 13.1 Å². The van der Waals surface area contributed by atoms with Crippen LogP contribution in [0.25, 0.3) is 11.5 Å². The number of hydrogen-bond acceptors (Lipinski definition) is 7. The van der Waals surface area contributed by atoms with Crippen LogP contribution < -0.4 is 5.73 Å². The quantitative estimate of drug-likeness (QED) is 0.889. The van der Waals surface area contributed by atoms with Crippen LogP contribution in [-0.4, -0.2) is 45.1 Å². The molecule has 0 aliphatic carbocycles. The van der Waals surface area contributed by atoms with Gasteiger partial charge in [0.05, 0.1) is 23.5 Å². The van der Waals surface area contributed by atoms with Crippen molar-refractivity contribution in [3.63, 3.8) is 0 Å². The molecule has 1 aliphatic heterocycles. The average Bonchev–Trinajstić information content (AvgIpc) is 2.89. The van der Waals surface area contributed by atoms with E-state index in [9.17, 15) is 0 Å². The molecule has 0 saturated carbocycles. The molecule has 19 heavy (non-hydrogen) atoms. The van der Waals surface area contributed by atoms with Crippen molar-refractivity contribution in [2.75, 3.05) is 30.8 Å². The Labute approximate surface area is 115 Å². The van der Waals surface area contributed by atoms with E-state index in [2.05, 4.69) is 27.1 Å². The highest BCUT2D eigenvalue weighted by atomic mass is 32.2. The maximum absolute atomic E-state index is 5.86. The third kappa shape index (κ3) is 2.43. The summed E-state index contributed by atoms with van der Waals surface area (Å²) in [5.41, 5.74) is 7.14. The smallest absolute Gasteiger partial charge is 0.260 e. The van der Waals surface area contributed by atoms with Crippen LogP contribution in [0, 0.1) is 0 Å². The molecule has 6 nitrogen and oxygen atoms in total. The topological polar surface area (TPSA) is 81.1 Å². The van der Waals surface area contributed by atoms with Gasteiger partial charge in [0.2, 0.25) is 0 Å². The molecule has 2 aromatic heterocycles. The lowest BCUT2D eigenvalue weighted by Crippen LogP contribution is -2.33. The van der Waals surface area contributed by atoms with Crippen LogP contribution in [0.4, 0.5) is 5.69 Å². The molecule has 7 heteroatoms. The summed E-state index contributed by atoms with van der Waals surface area (Å²) in [5.74, 6) is 3.32. The SMILES string of the molecule is CN1CCSCC1c1noc(-c2ccncc2N)n1. The lowest BCUT2D eigenvalue weighted by molar-refractivity contribution is 0.257. The van der Waals surface area contributed by atoms with Gasteiger partial charge >= 0.3 is 0 Å². The van der Waals surface area contributed by atoms with Gasteiger partial charge in [-0.3, -0.25) is 9.88 Å². The van der Waals surface area contributed by atoms with Gasteiger partial charge < -0.3 is 10.3 Å². The number of pyridine rings is 1. The lowest BCUT2D eigenvalue weighted by atomic mass is 10.2. The molecule has 3 heterocycles. The standard InChI is InChI=1S/C12H15N5OS/c1-17-4-5-19-7-10(17)11-15-12(18-16-11)8-2-3-14-6-9(8)13/h2-3,6,10H,4-5,7,13H2,1H3. The maximum Gasteiger partial charge on any atom is 0.260 e. The van der Waals surface area contributed by atoms with Crippen LogP contribution in [0.5, 0.6) is 0 Å². The molecule has 1 aliphatic rings. The average molecular weight is 277 g/mol. The second kappa shape index (κ2) is 5.18. The number of nitrogen functional groups attached to an aromatic ring is 1. The molecule has 1 fully saturated rings. The highest BCUT2D eigenvalue weighted by Gasteiger charge is 2.26. The molecule has 0 spiro atoms. The highest BCUT2D eigenvalue weighted by Crippen LogP contribution is 2.29. The van der Waals surface area contributed by atoms with Crippen molar-refractivity contribution in [2.45, 2.75) is 6.04 Å². The molecule has 2 aromatic rings. The second-order valence-electron chi connectivity index (χ2n) is 4.49. The molecule has 0 radical (unpaired) electrons. The van der Waals surface area contributed by atoms with Gasteiger partial charge in [0.25, 0.3) is 5.89 Å². The molecule has 1 atom stereocenters. The Bertz CT molecular complexity index is 573. The van der Waals surface area contributed by atoms with Crippen LogP contribution in [-0.2, 0) is 0 Å². The van der Waals surface area contributed by atoms with Crippen molar-refractivity contribution in [3.05, 3.63) is 24.3 Å². The van der Waals surface area contributed by atoms with Gasteiger partial charge in [0.1, 0.15) is 0 Å². The molecule has 0 aromatic carbocycles. The lowest BCUT2D eigenvalue weighted by Gasteiger charge is -2.29.